The van der Waals surface area contributed by atoms with Gasteiger partial charge in [0.25, 0.3) is 0 Å². The number of nitrogens with one attached hydrogen (secondary N) is 2. The smallest absolute Gasteiger partial charge is 0.240 e. The first kappa shape index (κ1) is 17.0. The molecular formula is C19H22N4O2. The minimum Gasteiger partial charge on any atom is -0.352 e. The average molecular weight is 338 g/mol. The lowest BCUT2D eigenvalue weighted by molar-refractivity contribution is -0.122. The van der Waals surface area contributed by atoms with E-state index in [4.69, 9.17) is 0 Å². The summed E-state index contributed by atoms with van der Waals surface area (Å²) in [4.78, 5) is 24.6. The van der Waals surface area contributed by atoms with Gasteiger partial charge in [-0.2, -0.15) is 5.10 Å². The Morgan fingerprint density at radius 1 is 1.28 bits per heavy atom. The summed E-state index contributed by atoms with van der Waals surface area (Å²) in [5.74, 6) is -0.0864. The molecule has 0 unspecified atom stereocenters. The van der Waals surface area contributed by atoms with Crippen molar-refractivity contribution in [3.63, 3.8) is 0 Å². The van der Waals surface area contributed by atoms with Crippen LogP contribution in [0.2, 0.25) is 0 Å². The number of hydrogen-bond acceptors (Lipinski definition) is 3. The molecule has 3 rings (SSSR count). The van der Waals surface area contributed by atoms with E-state index in [9.17, 15) is 9.59 Å². The molecule has 130 valence electrons. The van der Waals surface area contributed by atoms with Crippen LogP contribution < -0.4 is 10.7 Å². The fourth-order valence-corrected chi connectivity index (χ4v) is 3.07. The number of aryl methyl sites for hydroxylation is 2. The molecule has 0 aliphatic heterocycles. The quantitative estimate of drug-likeness (QED) is 0.747. The predicted octanol–water partition coefficient (Wildman–Crippen LogP) is 2.09. The molecule has 0 saturated carbocycles. The normalized spacial score (nSPS) is 12.3. The van der Waals surface area contributed by atoms with Gasteiger partial charge in [0.2, 0.25) is 5.91 Å². The maximum absolute atomic E-state index is 12.5. The van der Waals surface area contributed by atoms with Crippen molar-refractivity contribution in [3.8, 4) is 0 Å². The maximum atomic E-state index is 12.5. The zero-order chi connectivity index (χ0) is 18.0. The summed E-state index contributed by atoms with van der Waals surface area (Å²) in [5.41, 5.74) is 3.46. The van der Waals surface area contributed by atoms with Crippen LogP contribution in [-0.4, -0.2) is 26.7 Å². The molecule has 6 nitrogen and oxygen atoms in total. The van der Waals surface area contributed by atoms with Crippen molar-refractivity contribution in [1.82, 2.24) is 20.1 Å². The van der Waals surface area contributed by atoms with Gasteiger partial charge in [0.15, 0.2) is 5.43 Å². The van der Waals surface area contributed by atoms with E-state index in [0.717, 1.165) is 22.6 Å². The van der Waals surface area contributed by atoms with Crippen molar-refractivity contribution < 1.29 is 4.79 Å². The SMILES string of the molecule is Cc1cc(C[C@@H](C)NC(=O)Cn2c(C)cc(=O)c3ccccc32)n[nH]1. The third-order valence-electron chi connectivity index (χ3n) is 4.21. The van der Waals surface area contributed by atoms with Gasteiger partial charge in [-0.15, -0.1) is 0 Å². The number of carbonyl (C=O) groups excluding carboxylic acids is 1. The summed E-state index contributed by atoms with van der Waals surface area (Å²) in [6.45, 7) is 5.93. The summed E-state index contributed by atoms with van der Waals surface area (Å²) >= 11 is 0. The molecule has 0 saturated heterocycles. The second-order valence-corrected chi connectivity index (χ2v) is 6.47. The summed E-state index contributed by atoms with van der Waals surface area (Å²) < 4.78 is 1.87. The first-order chi connectivity index (χ1) is 11.9. The highest BCUT2D eigenvalue weighted by Gasteiger charge is 2.13. The highest BCUT2D eigenvalue weighted by atomic mass is 16.2. The van der Waals surface area contributed by atoms with Crippen molar-refractivity contribution in [1.29, 1.82) is 0 Å². The number of rotatable bonds is 5. The van der Waals surface area contributed by atoms with Gasteiger partial charge in [-0.05, 0) is 39.0 Å². The number of aromatic amines is 1. The Hall–Kier alpha value is -2.89. The fourth-order valence-electron chi connectivity index (χ4n) is 3.07. The lowest BCUT2D eigenvalue weighted by atomic mass is 10.1. The van der Waals surface area contributed by atoms with Crippen molar-refractivity contribution in [3.05, 3.63) is 63.7 Å². The highest BCUT2D eigenvalue weighted by molar-refractivity contribution is 5.82. The van der Waals surface area contributed by atoms with E-state index in [1.807, 2.05) is 49.6 Å². The van der Waals surface area contributed by atoms with Crippen molar-refractivity contribution >= 4 is 16.8 Å². The molecule has 3 aromatic rings. The van der Waals surface area contributed by atoms with Crippen LogP contribution in [0.5, 0.6) is 0 Å². The lowest BCUT2D eigenvalue weighted by Crippen LogP contribution is -2.37. The Morgan fingerprint density at radius 2 is 2.04 bits per heavy atom. The van der Waals surface area contributed by atoms with Gasteiger partial charge < -0.3 is 9.88 Å². The highest BCUT2D eigenvalue weighted by Crippen LogP contribution is 2.12. The van der Waals surface area contributed by atoms with E-state index in [1.165, 1.54) is 0 Å². The maximum Gasteiger partial charge on any atom is 0.240 e. The van der Waals surface area contributed by atoms with E-state index in [0.29, 0.717) is 11.8 Å². The number of hydrogen-bond donors (Lipinski definition) is 2. The van der Waals surface area contributed by atoms with Gasteiger partial charge in [-0.25, -0.2) is 0 Å². The van der Waals surface area contributed by atoms with Gasteiger partial charge in [-0.1, -0.05) is 12.1 Å². The molecule has 0 fully saturated rings. The monoisotopic (exact) mass is 338 g/mol. The van der Waals surface area contributed by atoms with Gasteiger partial charge in [0.05, 0.1) is 11.2 Å². The van der Waals surface area contributed by atoms with Gasteiger partial charge in [0.1, 0.15) is 6.54 Å². The Balaban J connectivity index is 1.75. The molecule has 0 spiro atoms. The molecule has 2 aromatic heterocycles. The third-order valence-corrected chi connectivity index (χ3v) is 4.21. The van der Waals surface area contributed by atoms with Crippen LogP contribution in [0, 0.1) is 13.8 Å². The number of amides is 1. The van der Waals surface area contributed by atoms with Crippen LogP contribution in [0.25, 0.3) is 10.9 Å². The molecule has 0 aliphatic rings. The Labute approximate surface area is 145 Å². The number of fused-ring (bicyclic) bond motifs is 1. The molecule has 2 heterocycles. The largest absolute Gasteiger partial charge is 0.352 e. The Morgan fingerprint density at radius 3 is 2.76 bits per heavy atom. The summed E-state index contributed by atoms with van der Waals surface area (Å²) in [5, 5.41) is 10.7. The van der Waals surface area contributed by atoms with E-state index in [2.05, 4.69) is 15.5 Å². The van der Waals surface area contributed by atoms with Crippen molar-refractivity contribution in [2.75, 3.05) is 0 Å². The zero-order valence-corrected chi connectivity index (χ0v) is 14.7. The number of para-hydroxylation sites is 1. The lowest BCUT2D eigenvalue weighted by Gasteiger charge is -2.17. The van der Waals surface area contributed by atoms with Gasteiger partial charge in [0, 0.05) is 35.3 Å². The standard InChI is InChI=1S/C19H22N4O2/c1-12(8-15-9-13(2)21-22-15)20-19(25)11-23-14(3)10-18(24)16-6-4-5-7-17(16)23/h4-7,9-10,12H,8,11H2,1-3H3,(H,20,25)(H,21,22)/t12-/m1/s1. The molecule has 6 heteroatoms. The minimum atomic E-state index is -0.0864. The molecule has 0 bridgehead atoms. The number of pyridine rings is 1. The Bertz CT molecular complexity index is 971. The second kappa shape index (κ2) is 6.93. The van der Waals surface area contributed by atoms with Crippen LogP contribution >= 0.6 is 0 Å². The predicted molar refractivity (Wildman–Crippen MR) is 97.6 cm³/mol. The van der Waals surface area contributed by atoms with Crippen molar-refractivity contribution in [2.24, 2.45) is 0 Å². The number of H-pyrrole nitrogens is 1. The van der Waals surface area contributed by atoms with E-state index in [1.54, 1.807) is 12.1 Å². The molecule has 1 aromatic carbocycles. The summed E-state index contributed by atoms with van der Waals surface area (Å²) in [6, 6.07) is 10.9. The molecule has 2 N–H and O–H groups in total. The fraction of sp³-hybridized carbons (Fsp3) is 0.316. The first-order valence-electron chi connectivity index (χ1n) is 8.33. The molecule has 25 heavy (non-hydrogen) atoms. The van der Waals surface area contributed by atoms with Gasteiger partial charge in [-0.3, -0.25) is 14.7 Å². The van der Waals surface area contributed by atoms with Crippen LogP contribution in [0.1, 0.15) is 24.0 Å². The van der Waals surface area contributed by atoms with Gasteiger partial charge >= 0.3 is 0 Å². The number of aromatic nitrogens is 3. The number of nitrogens with zero attached hydrogens (tertiary/aromatic N) is 2. The topological polar surface area (TPSA) is 79.8 Å². The minimum absolute atomic E-state index is 0.0213. The van der Waals surface area contributed by atoms with Crippen LogP contribution in [-0.2, 0) is 17.8 Å². The second-order valence-electron chi connectivity index (χ2n) is 6.47. The average Bonchev–Trinajstić information content (AvgIpc) is 2.96. The molecule has 0 aliphatic carbocycles. The summed E-state index contributed by atoms with van der Waals surface area (Å²) in [7, 11) is 0. The zero-order valence-electron chi connectivity index (χ0n) is 14.7. The third kappa shape index (κ3) is 3.79. The van der Waals surface area contributed by atoms with Crippen LogP contribution in [0.15, 0.2) is 41.2 Å². The number of benzene rings is 1. The Kier molecular flexibility index (Phi) is 4.70. The van der Waals surface area contributed by atoms with E-state index < -0.39 is 0 Å². The summed E-state index contributed by atoms with van der Waals surface area (Å²) in [6.07, 6.45) is 0.667. The van der Waals surface area contributed by atoms with E-state index >= 15 is 0 Å². The molecule has 0 radical (unpaired) electrons. The molecule has 1 amide bonds. The van der Waals surface area contributed by atoms with Crippen LogP contribution in [0.3, 0.4) is 0 Å². The first-order valence-corrected chi connectivity index (χ1v) is 8.33. The molecule has 1 atom stereocenters. The van der Waals surface area contributed by atoms with Crippen molar-refractivity contribution in [2.45, 2.75) is 39.8 Å². The van der Waals surface area contributed by atoms with E-state index in [-0.39, 0.29) is 23.9 Å². The molecular weight excluding hydrogens is 316 g/mol. The van der Waals surface area contributed by atoms with Crippen LogP contribution in [0.4, 0.5) is 0 Å². The number of carbonyl (C=O) groups is 1.